The highest BCUT2D eigenvalue weighted by atomic mass is 19.1. The lowest BCUT2D eigenvalue weighted by Gasteiger charge is -2.18. The number of aromatic amines is 1. The number of fused-ring (bicyclic) bond motifs is 1. The number of pyridine rings is 1. The maximum absolute atomic E-state index is 13.8. The summed E-state index contributed by atoms with van der Waals surface area (Å²) in [5.41, 5.74) is 3.72. The molecule has 0 unspecified atom stereocenters. The van der Waals surface area contributed by atoms with E-state index in [1.807, 2.05) is 6.07 Å². The third kappa shape index (κ3) is 2.20. The third-order valence-corrected chi connectivity index (χ3v) is 3.55. The zero-order chi connectivity index (χ0) is 14.3. The fraction of sp³-hybridized carbons (Fsp3) is 0.235. The monoisotopic (exact) mass is 268 g/mol. The number of halogens is 1. The Balaban J connectivity index is 2.14. The Labute approximate surface area is 117 Å². The van der Waals surface area contributed by atoms with Gasteiger partial charge in [-0.3, -0.25) is 4.98 Å². The van der Waals surface area contributed by atoms with Crippen molar-refractivity contribution < 1.29 is 4.39 Å². The van der Waals surface area contributed by atoms with Crippen LogP contribution < -0.4 is 0 Å². The van der Waals surface area contributed by atoms with Gasteiger partial charge in [0.05, 0.1) is 6.20 Å². The Hall–Kier alpha value is -2.16. The summed E-state index contributed by atoms with van der Waals surface area (Å²) in [5, 5.41) is 1.10. The molecule has 0 aliphatic rings. The minimum atomic E-state index is -0.310. The van der Waals surface area contributed by atoms with Crippen LogP contribution in [0.15, 0.2) is 42.7 Å². The van der Waals surface area contributed by atoms with Gasteiger partial charge < -0.3 is 4.98 Å². The molecule has 3 rings (SSSR count). The molecule has 0 atom stereocenters. The molecule has 0 spiro atoms. The third-order valence-electron chi connectivity index (χ3n) is 3.55. The van der Waals surface area contributed by atoms with E-state index in [1.54, 1.807) is 12.3 Å². The Morgan fingerprint density at radius 3 is 2.60 bits per heavy atom. The molecule has 0 bridgehead atoms. The van der Waals surface area contributed by atoms with Gasteiger partial charge in [-0.05, 0) is 35.2 Å². The van der Waals surface area contributed by atoms with Crippen LogP contribution in [0, 0.1) is 5.82 Å². The molecule has 3 heteroatoms. The molecule has 0 aliphatic carbocycles. The van der Waals surface area contributed by atoms with Crippen LogP contribution in [0.2, 0.25) is 0 Å². The Morgan fingerprint density at radius 1 is 1.10 bits per heavy atom. The number of hydrogen-bond donors (Lipinski definition) is 1. The highest BCUT2D eigenvalue weighted by Crippen LogP contribution is 2.29. The number of hydrogen-bond acceptors (Lipinski definition) is 1. The zero-order valence-corrected chi connectivity index (χ0v) is 11.9. The second-order valence-corrected chi connectivity index (χ2v) is 6.09. The summed E-state index contributed by atoms with van der Waals surface area (Å²) in [6, 6.07) is 10.0. The predicted molar refractivity (Wildman–Crippen MR) is 80.2 cm³/mol. The van der Waals surface area contributed by atoms with Gasteiger partial charge >= 0.3 is 0 Å². The van der Waals surface area contributed by atoms with Crippen LogP contribution in [0.25, 0.3) is 22.2 Å². The topological polar surface area (TPSA) is 28.7 Å². The minimum Gasteiger partial charge on any atom is -0.354 e. The summed E-state index contributed by atoms with van der Waals surface area (Å²) in [4.78, 5) is 7.05. The van der Waals surface area contributed by atoms with Crippen LogP contribution >= 0.6 is 0 Å². The van der Waals surface area contributed by atoms with Crippen LogP contribution in [0.4, 0.5) is 4.39 Å². The average molecular weight is 268 g/mol. The van der Waals surface area contributed by atoms with Gasteiger partial charge in [-0.2, -0.15) is 0 Å². The van der Waals surface area contributed by atoms with Crippen molar-refractivity contribution in [3.05, 3.63) is 54.1 Å². The van der Waals surface area contributed by atoms with Gasteiger partial charge in [-0.15, -0.1) is 0 Å². The van der Waals surface area contributed by atoms with Crippen molar-refractivity contribution in [2.45, 2.75) is 26.2 Å². The molecule has 2 heterocycles. The predicted octanol–water partition coefficient (Wildman–Crippen LogP) is 4.67. The van der Waals surface area contributed by atoms with E-state index >= 15 is 0 Å². The second-order valence-electron chi connectivity index (χ2n) is 6.09. The molecule has 0 amide bonds. The van der Waals surface area contributed by atoms with Crippen molar-refractivity contribution in [1.82, 2.24) is 9.97 Å². The Kier molecular flexibility index (Phi) is 2.85. The number of nitrogens with one attached hydrogen (secondary N) is 1. The molecule has 0 saturated carbocycles. The van der Waals surface area contributed by atoms with Crippen LogP contribution in [-0.4, -0.2) is 9.97 Å². The standard InChI is InChI=1S/C17H17FN2/c1-17(2,3)12-4-5-15-11(8-12)9-16(20-15)13-6-7-19-10-14(13)18/h4-10,20H,1-3H3. The largest absolute Gasteiger partial charge is 0.354 e. The van der Waals surface area contributed by atoms with Crippen LogP contribution in [0.3, 0.4) is 0 Å². The average Bonchev–Trinajstić information content (AvgIpc) is 2.80. The van der Waals surface area contributed by atoms with Crippen LogP contribution in [0.5, 0.6) is 0 Å². The van der Waals surface area contributed by atoms with Gasteiger partial charge in [-0.25, -0.2) is 4.39 Å². The Bertz CT molecular complexity index is 766. The quantitative estimate of drug-likeness (QED) is 0.682. The van der Waals surface area contributed by atoms with Gasteiger partial charge in [-0.1, -0.05) is 26.8 Å². The van der Waals surface area contributed by atoms with Crippen LogP contribution in [-0.2, 0) is 5.41 Å². The molecule has 0 aliphatic heterocycles. The first-order chi connectivity index (χ1) is 9.45. The van der Waals surface area contributed by atoms with Gasteiger partial charge in [0.25, 0.3) is 0 Å². The molecular weight excluding hydrogens is 251 g/mol. The van der Waals surface area contributed by atoms with Crippen LogP contribution in [0.1, 0.15) is 26.3 Å². The molecule has 20 heavy (non-hydrogen) atoms. The highest BCUT2D eigenvalue weighted by molar-refractivity contribution is 5.86. The number of H-pyrrole nitrogens is 1. The summed E-state index contributed by atoms with van der Waals surface area (Å²) >= 11 is 0. The molecule has 1 N–H and O–H groups in total. The zero-order valence-electron chi connectivity index (χ0n) is 11.9. The number of aromatic nitrogens is 2. The number of benzene rings is 1. The van der Waals surface area contributed by atoms with E-state index in [1.165, 1.54) is 11.8 Å². The molecule has 102 valence electrons. The first-order valence-electron chi connectivity index (χ1n) is 6.68. The molecule has 0 saturated heterocycles. The lowest BCUT2D eigenvalue weighted by Crippen LogP contribution is -2.10. The number of nitrogens with zero attached hydrogens (tertiary/aromatic N) is 1. The summed E-state index contributed by atoms with van der Waals surface area (Å²) < 4.78 is 13.8. The van der Waals surface area contributed by atoms with E-state index in [9.17, 15) is 4.39 Å². The summed E-state index contributed by atoms with van der Waals surface area (Å²) in [6.45, 7) is 6.55. The SMILES string of the molecule is CC(C)(C)c1ccc2[nH]c(-c3ccncc3F)cc2c1. The van der Waals surface area contributed by atoms with Crippen molar-refractivity contribution >= 4 is 10.9 Å². The maximum Gasteiger partial charge on any atom is 0.150 e. The van der Waals surface area contributed by atoms with Crippen molar-refractivity contribution in [2.24, 2.45) is 0 Å². The summed E-state index contributed by atoms with van der Waals surface area (Å²) in [5.74, 6) is -0.310. The molecule has 2 aromatic heterocycles. The lowest BCUT2D eigenvalue weighted by atomic mass is 9.86. The van der Waals surface area contributed by atoms with E-state index in [-0.39, 0.29) is 11.2 Å². The van der Waals surface area contributed by atoms with Crippen molar-refractivity contribution in [3.8, 4) is 11.3 Å². The van der Waals surface area contributed by atoms with Crippen molar-refractivity contribution in [3.63, 3.8) is 0 Å². The molecule has 0 fully saturated rings. The smallest absolute Gasteiger partial charge is 0.150 e. The van der Waals surface area contributed by atoms with E-state index in [4.69, 9.17) is 0 Å². The van der Waals surface area contributed by atoms with Gasteiger partial charge in [0.15, 0.2) is 5.82 Å². The minimum absolute atomic E-state index is 0.105. The first-order valence-corrected chi connectivity index (χ1v) is 6.68. The van der Waals surface area contributed by atoms with Gasteiger partial charge in [0.1, 0.15) is 0 Å². The molecule has 0 radical (unpaired) electrons. The molecular formula is C17H17FN2. The second kappa shape index (κ2) is 4.44. The van der Waals surface area contributed by atoms with E-state index in [0.29, 0.717) is 5.56 Å². The molecule has 3 aromatic rings. The summed E-state index contributed by atoms with van der Waals surface area (Å²) in [7, 11) is 0. The van der Waals surface area contributed by atoms with E-state index < -0.39 is 0 Å². The molecule has 1 aromatic carbocycles. The first kappa shape index (κ1) is 12.9. The normalized spacial score (nSPS) is 12.0. The van der Waals surface area contributed by atoms with Gasteiger partial charge in [0.2, 0.25) is 0 Å². The maximum atomic E-state index is 13.8. The number of rotatable bonds is 1. The summed E-state index contributed by atoms with van der Waals surface area (Å²) in [6.07, 6.45) is 2.84. The van der Waals surface area contributed by atoms with Crippen molar-refractivity contribution in [2.75, 3.05) is 0 Å². The van der Waals surface area contributed by atoms with E-state index in [2.05, 4.69) is 48.9 Å². The fourth-order valence-corrected chi connectivity index (χ4v) is 2.34. The van der Waals surface area contributed by atoms with Gasteiger partial charge in [0, 0.05) is 28.4 Å². The van der Waals surface area contributed by atoms with E-state index in [0.717, 1.165) is 16.6 Å². The Morgan fingerprint density at radius 2 is 1.90 bits per heavy atom. The molecule has 2 nitrogen and oxygen atoms in total. The highest BCUT2D eigenvalue weighted by Gasteiger charge is 2.15. The fourth-order valence-electron chi connectivity index (χ4n) is 2.34. The van der Waals surface area contributed by atoms with Crippen molar-refractivity contribution in [1.29, 1.82) is 0 Å². The lowest BCUT2D eigenvalue weighted by molar-refractivity contribution is 0.591.